The highest BCUT2D eigenvalue weighted by Gasteiger charge is 2.00. The molecule has 0 amide bonds. The molecule has 15 heavy (non-hydrogen) atoms. The van der Waals surface area contributed by atoms with Crippen LogP contribution >= 0.6 is 0 Å². The van der Waals surface area contributed by atoms with E-state index in [1.165, 1.54) is 12.8 Å². The molecule has 0 radical (unpaired) electrons. The molecule has 1 aromatic rings. The van der Waals surface area contributed by atoms with Gasteiger partial charge in [0.15, 0.2) is 12.0 Å². The molecule has 0 saturated carbocycles. The van der Waals surface area contributed by atoms with E-state index < -0.39 is 0 Å². The molecule has 0 spiro atoms. The Balaban J connectivity index is 2.12. The van der Waals surface area contributed by atoms with Gasteiger partial charge in [-0.25, -0.2) is 0 Å². The van der Waals surface area contributed by atoms with Gasteiger partial charge >= 0.3 is 0 Å². The summed E-state index contributed by atoms with van der Waals surface area (Å²) in [5, 5.41) is 0. The molecule has 1 rings (SSSR count). The third-order valence-corrected chi connectivity index (χ3v) is 2.36. The summed E-state index contributed by atoms with van der Waals surface area (Å²) in [5.41, 5.74) is 1.13. The van der Waals surface area contributed by atoms with E-state index in [0.29, 0.717) is 5.76 Å². The van der Waals surface area contributed by atoms with Gasteiger partial charge in [0.25, 0.3) is 0 Å². The van der Waals surface area contributed by atoms with E-state index in [1.54, 1.807) is 6.26 Å². The second kappa shape index (κ2) is 6.40. The molecule has 0 unspecified atom stereocenters. The number of carbonyl (C=O) groups excluding carboxylic acids is 1. The number of aldehydes is 1. The normalized spacial score (nSPS) is 10.9. The van der Waals surface area contributed by atoms with E-state index in [-0.39, 0.29) is 0 Å². The van der Waals surface area contributed by atoms with Crippen LogP contribution in [0.3, 0.4) is 0 Å². The third kappa shape index (κ3) is 4.79. The summed E-state index contributed by atoms with van der Waals surface area (Å²) in [6, 6.07) is 1.82. The summed E-state index contributed by atoms with van der Waals surface area (Å²) in [6.45, 7) is 1.14. The van der Waals surface area contributed by atoms with Crippen LogP contribution in [0, 0.1) is 0 Å². The van der Waals surface area contributed by atoms with Gasteiger partial charge < -0.3 is 9.32 Å². The molecule has 3 nitrogen and oxygen atoms in total. The molecule has 1 heterocycles. The molecule has 1 aromatic heterocycles. The Kier molecular flexibility index (Phi) is 5.12. The molecular weight excluding hydrogens is 190 g/mol. The first-order valence-corrected chi connectivity index (χ1v) is 5.39. The van der Waals surface area contributed by atoms with Crippen LogP contribution in [0.2, 0.25) is 0 Å². The molecule has 84 valence electrons. The van der Waals surface area contributed by atoms with Gasteiger partial charge in [-0.2, -0.15) is 0 Å². The molecule has 0 bridgehead atoms. The minimum Gasteiger partial charge on any atom is -0.461 e. The van der Waals surface area contributed by atoms with Crippen molar-refractivity contribution in [2.45, 2.75) is 25.7 Å². The van der Waals surface area contributed by atoms with E-state index in [0.717, 1.165) is 31.2 Å². The van der Waals surface area contributed by atoms with Crippen molar-refractivity contribution >= 4 is 6.29 Å². The Morgan fingerprint density at radius 3 is 2.73 bits per heavy atom. The van der Waals surface area contributed by atoms with Gasteiger partial charge in [0.05, 0.1) is 6.26 Å². The molecule has 0 aliphatic heterocycles. The summed E-state index contributed by atoms with van der Waals surface area (Å²) in [7, 11) is 4.18. The number of aryl methyl sites for hydroxylation is 1. The number of hydrogen-bond acceptors (Lipinski definition) is 3. The zero-order valence-corrected chi connectivity index (χ0v) is 9.53. The lowest BCUT2D eigenvalue weighted by atomic mass is 10.1. The van der Waals surface area contributed by atoms with Gasteiger partial charge in [0, 0.05) is 0 Å². The van der Waals surface area contributed by atoms with E-state index in [1.807, 2.05) is 6.07 Å². The maximum atomic E-state index is 10.4. The molecule has 0 atom stereocenters. The fourth-order valence-corrected chi connectivity index (χ4v) is 1.52. The smallest absolute Gasteiger partial charge is 0.185 e. The van der Waals surface area contributed by atoms with Crippen molar-refractivity contribution < 1.29 is 9.21 Å². The quantitative estimate of drug-likeness (QED) is 0.510. The van der Waals surface area contributed by atoms with Crippen molar-refractivity contribution in [3.63, 3.8) is 0 Å². The first-order chi connectivity index (χ1) is 7.22. The number of unbranched alkanes of at least 4 members (excludes halogenated alkanes) is 2. The molecule has 0 aliphatic rings. The lowest BCUT2D eigenvalue weighted by Crippen LogP contribution is -2.12. The maximum Gasteiger partial charge on any atom is 0.185 e. The van der Waals surface area contributed by atoms with Crippen LogP contribution in [-0.2, 0) is 6.42 Å². The standard InChI is InChI=1S/C12H19NO2/c1-13(2)7-5-3-4-6-11-8-12(9-14)15-10-11/h8-10H,3-7H2,1-2H3. The lowest BCUT2D eigenvalue weighted by Gasteiger charge is -2.07. The average molecular weight is 209 g/mol. The fraction of sp³-hybridized carbons (Fsp3) is 0.583. The predicted octanol–water partition coefficient (Wildman–Crippen LogP) is 2.37. The second-order valence-electron chi connectivity index (χ2n) is 4.09. The summed E-state index contributed by atoms with van der Waals surface area (Å²) in [6.07, 6.45) is 7.03. The molecule has 0 N–H and O–H groups in total. The van der Waals surface area contributed by atoms with Crippen LogP contribution in [0.5, 0.6) is 0 Å². The molecule has 3 heteroatoms. The monoisotopic (exact) mass is 209 g/mol. The highest BCUT2D eigenvalue weighted by molar-refractivity contribution is 5.70. The first kappa shape index (κ1) is 12.0. The Hall–Kier alpha value is -1.09. The SMILES string of the molecule is CN(C)CCCCCc1coc(C=O)c1. The summed E-state index contributed by atoms with van der Waals surface area (Å²) in [4.78, 5) is 12.6. The van der Waals surface area contributed by atoms with Crippen molar-refractivity contribution in [2.24, 2.45) is 0 Å². The van der Waals surface area contributed by atoms with Crippen molar-refractivity contribution in [1.82, 2.24) is 4.90 Å². The minimum atomic E-state index is 0.429. The van der Waals surface area contributed by atoms with Crippen LogP contribution in [0.15, 0.2) is 16.7 Å². The maximum absolute atomic E-state index is 10.4. The zero-order valence-electron chi connectivity index (χ0n) is 9.53. The van der Waals surface area contributed by atoms with Gasteiger partial charge in [-0.15, -0.1) is 0 Å². The Morgan fingerprint density at radius 1 is 1.33 bits per heavy atom. The van der Waals surface area contributed by atoms with Crippen LogP contribution in [0.4, 0.5) is 0 Å². The van der Waals surface area contributed by atoms with Crippen molar-refractivity contribution in [1.29, 1.82) is 0 Å². The second-order valence-corrected chi connectivity index (χ2v) is 4.09. The Morgan fingerprint density at radius 2 is 2.13 bits per heavy atom. The van der Waals surface area contributed by atoms with E-state index >= 15 is 0 Å². The van der Waals surface area contributed by atoms with Gasteiger partial charge in [0.2, 0.25) is 0 Å². The number of rotatable bonds is 7. The summed E-state index contributed by atoms with van der Waals surface area (Å²) >= 11 is 0. The minimum absolute atomic E-state index is 0.429. The summed E-state index contributed by atoms with van der Waals surface area (Å²) < 4.78 is 5.03. The van der Waals surface area contributed by atoms with E-state index in [4.69, 9.17) is 4.42 Å². The van der Waals surface area contributed by atoms with Crippen LogP contribution in [-0.4, -0.2) is 31.8 Å². The number of carbonyl (C=O) groups is 1. The highest BCUT2D eigenvalue weighted by atomic mass is 16.3. The van der Waals surface area contributed by atoms with Gasteiger partial charge in [-0.3, -0.25) is 4.79 Å². The fourth-order valence-electron chi connectivity index (χ4n) is 1.52. The van der Waals surface area contributed by atoms with Crippen molar-refractivity contribution in [3.8, 4) is 0 Å². The first-order valence-electron chi connectivity index (χ1n) is 5.39. The largest absolute Gasteiger partial charge is 0.461 e. The molecular formula is C12H19NO2. The third-order valence-electron chi connectivity index (χ3n) is 2.36. The topological polar surface area (TPSA) is 33.5 Å². The average Bonchev–Trinajstić information content (AvgIpc) is 2.65. The molecule has 0 aliphatic carbocycles. The van der Waals surface area contributed by atoms with Crippen molar-refractivity contribution in [3.05, 3.63) is 23.7 Å². The highest BCUT2D eigenvalue weighted by Crippen LogP contribution is 2.10. The van der Waals surface area contributed by atoms with Gasteiger partial charge in [-0.1, -0.05) is 6.42 Å². The zero-order chi connectivity index (χ0) is 11.1. The van der Waals surface area contributed by atoms with Crippen LogP contribution in [0.25, 0.3) is 0 Å². The Labute approximate surface area is 91.1 Å². The van der Waals surface area contributed by atoms with Crippen molar-refractivity contribution in [2.75, 3.05) is 20.6 Å². The summed E-state index contributed by atoms with van der Waals surface area (Å²) in [5.74, 6) is 0.429. The van der Waals surface area contributed by atoms with E-state index in [2.05, 4.69) is 19.0 Å². The molecule has 0 fully saturated rings. The van der Waals surface area contributed by atoms with E-state index in [9.17, 15) is 4.79 Å². The molecule has 0 aromatic carbocycles. The number of hydrogen-bond donors (Lipinski definition) is 0. The predicted molar refractivity (Wildman–Crippen MR) is 60.2 cm³/mol. The van der Waals surface area contributed by atoms with Crippen LogP contribution < -0.4 is 0 Å². The Bertz CT molecular complexity index is 292. The van der Waals surface area contributed by atoms with Gasteiger partial charge in [0.1, 0.15) is 0 Å². The number of nitrogens with zero attached hydrogens (tertiary/aromatic N) is 1. The molecule has 0 saturated heterocycles. The van der Waals surface area contributed by atoms with Crippen LogP contribution in [0.1, 0.15) is 35.4 Å². The number of furan rings is 1. The van der Waals surface area contributed by atoms with Gasteiger partial charge in [-0.05, 0) is 51.5 Å². The lowest BCUT2D eigenvalue weighted by molar-refractivity contribution is 0.110.